The van der Waals surface area contributed by atoms with Crippen LogP contribution in [-0.2, 0) is 14.3 Å². The number of nitrogens with one attached hydrogen (secondary N) is 1. The Hall–Kier alpha value is -0.153. The van der Waals surface area contributed by atoms with Crippen LogP contribution < -0.4 is 24.2 Å². The number of esters is 1. The molecule has 0 aromatic rings. The number of ether oxygens (including phenoxy) is 2. The number of rotatable bonds is 3. The molecule has 2 fully saturated rings. The van der Waals surface area contributed by atoms with E-state index in [9.17, 15) is 9.59 Å². The average molecular weight is 323 g/mol. The van der Waals surface area contributed by atoms with Crippen LogP contribution in [0.3, 0.4) is 0 Å². The third-order valence-electron chi connectivity index (χ3n) is 3.68. The first-order valence-electron chi connectivity index (χ1n) is 7.69. The molecule has 1 aliphatic carbocycles. The summed E-state index contributed by atoms with van der Waals surface area (Å²) >= 11 is 1.64. The van der Waals surface area contributed by atoms with Crippen molar-refractivity contribution in [1.29, 1.82) is 0 Å². The van der Waals surface area contributed by atoms with Gasteiger partial charge in [-0.3, -0.25) is 5.32 Å². The second-order valence-corrected chi connectivity index (χ2v) is 8.33. The summed E-state index contributed by atoms with van der Waals surface area (Å²) in [5.74, 6) is -0.508. The number of thioether (sulfide) groups is 1. The van der Waals surface area contributed by atoms with Crippen molar-refractivity contribution in [3.63, 3.8) is 0 Å². The number of carbonyl (C=O) groups excluding carboxylic acids is 2. The standard InChI is InChI=1S/C15H25NO4S.Li.H/c1-14(2,3)20-13(18)19-12(17)15(9-6-10-16-15)21-11-7-4-5-8-11;;/h11,16H,4-10H2,1-3H3;;/q;+1;-1/t15-;;/m1../s1. The smallest absolute Gasteiger partial charge is 1.00 e. The maximum Gasteiger partial charge on any atom is 1.00 e. The molecule has 0 aromatic carbocycles. The van der Waals surface area contributed by atoms with Crippen LogP contribution in [0.2, 0.25) is 0 Å². The minimum Gasteiger partial charge on any atom is -1.00 e. The van der Waals surface area contributed by atoms with E-state index in [2.05, 4.69) is 5.32 Å². The van der Waals surface area contributed by atoms with Crippen LogP contribution in [0.1, 0.15) is 60.7 Å². The molecule has 1 saturated carbocycles. The zero-order valence-corrected chi connectivity index (χ0v) is 14.9. The van der Waals surface area contributed by atoms with E-state index in [-0.39, 0.29) is 20.3 Å². The molecule has 5 nitrogen and oxygen atoms in total. The van der Waals surface area contributed by atoms with Crippen LogP contribution >= 0.6 is 11.8 Å². The van der Waals surface area contributed by atoms with Crippen LogP contribution in [0.4, 0.5) is 4.79 Å². The molecular formula is C15H26LiNO4S. The first-order chi connectivity index (χ1) is 9.81. The summed E-state index contributed by atoms with van der Waals surface area (Å²) in [6, 6.07) is 0. The molecule has 22 heavy (non-hydrogen) atoms. The summed E-state index contributed by atoms with van der Waals surface area (Å²) in [5.41, 5.74) is -0.660. The Bertz CT molecular complexity index is 405. The fourth-order valence-corrected chi connectivity index (χ4v) is 4.48. The molecule has 0 aromatic heterocycles. The summed E-state index contributed by atoms with van der Waals surface area (Å²) in [7, 11) is 0. The van der Waals surface area contributed by atoms with Gasteiger partial charge in [-0.05, 0) is 53.0 Å². The molecular weight excluding hydrogens is 297 g/mol. The van der Waals surface area contributed by atoms with Crippen molar-refractivity contribution >= 4 is 23.9 Å². The Balaban J connectivity index is 0.00000242. The molecule has 1 saturated heterocycles. The maximum atomic E-state index is 12.4. The molecule has 0 radical (unpaired) electrons. The Morgan fingerprint density at radius 3 is 2.36 bits per heavy atom. The van der Waals surface area contributed by atoms with Crippen LogP contribution in [0.25, 0.3) is 0 Å². The summed E-state index contributed by atoms with van der Waals surface area (Å²) in [6.45, 7) is 6.02. The normalized spacial score (nSPS) is 25.6. The topological polar surface area (TPSA) is 64.6 Å². The Morgan fingerprint density at radius 1 is 1.23 bits per heavy atom. The molecule has 1 heterocycles. The molecule has 122 valence electrons. The van der Waals surface area contributed by atoms with E-state index in [0.717, 1.165) is 25.8 Å². The molecule has 7 heteroatoms. The fraction of sp³-hybridized carbons (Fsp3) is 0.867. The molecule has 1 N–H and O–H groups in total. The summed E-state index contributed by atoms with van der Waals surface area (Å²) in [6.07, 6.45) is 5.41. The van der Waals surface area contributed by atoms with Gasteiger partial charge >= 0.3 is 31.0 Å². The Kier molecular flexibility index (Phi) is 7.32. The molecule has 0 spiro atoms. The zero-order valence-electron chi connectivity index (χ0n) is 15.1. The number of carbonyl (C=O) groups is 2. The van der Waals surface area contributed by atoms with Gasteiger partial charge in [0.05, 0.1) is 0 Å². The Labute approximate surface area is 150 Å². The number of hydrogen-bond donors (Lipinski definition) is 1. The quantitative estimate of drug-likeness (QED) is 0.459. The van der Waals surface area contributed by atoms with Crippen LogP contribution in [0.15, 0.2) is 0 Å². The van der Waals surface area contributed by atoms with E-state index >= 15 is 0 Å². The second kappa shape index (κ2) is 8.10. The van der Waals surface area contributed by atoms with Crippen LogP contribution in [-0.4, -0.2) is 34.4 Å². The molecule has 0 bridgehead atoms. The molecule has 2 rings (SSSR count). The van der Waals surface area contributed by atoms with E-state index in [4.69, 9.17) is 9.47 Å². The Morgan fingerprint density at radius 2 is 1.86 bits per heavy atom. The molecule has 1 atom stereocenters. The van der Waals surface area contributed by atoms with Gasteiger partial charge in [0.15, 0.2) is 4.87 Å². The molecule has 0 amide bonds. The average Bonchev–Trinajstić information content (AvgIpc) is 2.98. The van der Waals surface area contributed by atoms with Gasteiger partial charge in [-0.1, -0.05) is 12.8 Å². The van der Waals surface area contributed by atoms with Gasteiger partial charge in [0.2, 0.25) is 0 Å². The predicted molar refractivity (Wildman–Crippen MR) is 83.3 cm³/mol. The van der Waals surface area contributed by atoms with Crippen molar-refractivity contribution in [2.24, 2.45) is 0 Å². The molecule has 1 aliphatic heterocycles. The number of hydrogen-bond acceptors (Lipinski definition) is 6. The summed E-state index contributed by atoms with van der Waals surface area (Å²) < 4.78 is 10.0. The van der Waals surface area contributed by atoms with E-state index < -0.39 is 22.6 Å². The van der Waals surface area contributed by atoms with E-state index in [0.29, 0.717) is 11.7 Å². The summed E-state index contributed by atoms with van der Waals surface area (Å²) in [5, 5.41) is 3.72. The monoisotopic (exact) mass is 323 g/mol. The van der Waals surface area contributed by atoms with E-state index in [1.54, 1.807) is 32.5 Å². The van der Waals surface area contributed by atoms with Crippen molar-refractivity contribution in [1.82, 2.24) is 5.32 Å². The molecule has 2 aliphatic rings. The van der Waals surface area contributed by atoms with Gasteiger partial charge in [0.1, 0.15) is 5.60 Å². The van der Waals surface area contributed by atoms with Gasteiger partial charge in [-0.2, -0.15) is 0 Å². The van der Waals surface area contributed by atoms with Gasteiger partial charge in [-0.15, -0.1) is 11.8 Å². The SMILES string of the molecule is CC(C)(C)OC(=O)OC(=O)[C@]1(SC2CCCC2)CCCN1.[H-].[Li+]. The minimum absolute atomic E-state index is 0. The predicted octanol–water partition coefficient (Wildman–Crippen LogP) is 0.337. The van der Waals surface area contributed by atoms with Crippen molar-refractivity contribution in [2.45, 2.75) is 75.0 Å². The largest absolute Gasteiger partial charge is 1.00 e. The fourth-order valence-electron chi connectivity index (χ4n) is 2.76. The second-order valence-electron chi connectivity index (χ2n) is 6.74. The van der Waals surface area contributed by atoms with Crippen molar-refractivity contribution in [3.8, 4) is 0 Å². The van der Waals surface area contributed by atoms with Gasteiger partial charge < -0.3 is 10.9 Å². The minimum atomic E-state index is -0.910. The third kappa shape index (κ3) is 5.49. The maximum absolute atomic E-state index is 12.4. The first kappa shape index (κ1) is 19.9. The van der Waals surface area contributed by atoms with Crippen molar-refractivity contribution in [2.75, 3.05) is 6.54 Å². The van der Waals surface area contributed by atoms with Crippen LogP contribution in [0, 0.1) is 0 Å². The zero-order chi connectivity index (χ0) is 15.5. The van der Waals surface area contributed by atoms with E-state index in [1.807, 2.05) is 0 Å². The molecule has 0 unspecified atom stereocenters. The van der Waals surface area contributed by atoms with Gasteiger partial charge in [0, 0.05) is 5.25 Å². The third-order valence-corrected chi connectivity index (χ3v) is 5.40. The van der Waals surface area contributed by atoms with E-state index in [1.165, 1.54) is 12.8 Å². The first-order valence-corrected chi connectivity index (χ1v) is 8.57. The van der Waals surface area contributed by atoms with Crippen molar-refractivity contribution in [3.05, 3.63) is 0 Å². The summed E-state index contributed by atoms with van der Waals surface area (Å²) in [4.78, 5) is 23.4. The van der Waals surface area contributed by atoms with Crippen molar-refractivity contribution < 1.29 is 39.4 Å². The van der Waals surface area contributed by atoms with Crippen LogP contribution in [0.5, 0.6) is 0 Å². The van der Waals surface area contributed by atoms with Gasteiger partial charge in [0.25, 0.3) is 0 Å². The van der Waals surface area contributed by atoms with Gasteiger partial charge in [-0.25, -0.2) is 9.59 Å².